The first-order chi connectivity index (χ1) is 14.9. The van der Waals surface area contributed by atoms with Gasteiger partial charge in [0, 0.05) is 0 Å². The second-order valence-electron chi connectivity index (χ2n) is 9.38. The SMILES string of the molecule is C[P+](CCP(C)(C)(c1ccccc1)c1ccccc1)(c1ccccc1)c1ccccc1. The molecule has 0 spiro atoms. The Kier molecular flexibility index (Phi) is 6.16. The van der Waals surface area contributed by atoms with Gasteiger partial charge in [-0.05, 0) is 0 Å². The average molecular weight is 444 g/mol. The van der Waals surface area contributed by atoms with Gasteiger partial charge in [0.15, 0.2) is 0 Å². The van der Waals surface area contributed by atoms with Crippen molar-refractivity contribution in [2.24, 2.45) is 0 Å². The van der Waals surface area contributed by atoms with Gasteiger partial charge < -0.3 is 0 Å². The van der Waals surface area contributed by atoms with Crippen molar-refractivity contribution in [3.63, 3.8) is 0 Å². The van der Waals surface area contributed by atoms with Crippen molar-refractivity contribution in [2.75, 3.05) is 32.3 Å². The van der Waals surface area contributed by atoms with Crippen LogP contribution < -0.4 is 21.2 Å². The summed E-state index contributed by atoms with van der Waals surface area (Å²) < 4.78 is 0. The summed E-state index contributed by atoms with van der Waals surface area (Å²) in [6.07, 6.45) is 2.41. The molecule has 0 bridgehead atoms. The predicted molar refractivity (Wildman–Crippen MR) is 146 cm³/mol. The summed E-state index contributed by atoms with van der Waals surface area (Å²) in [6.45, 7) is 5.31. The molecule has 0 saturated heterocycles. The van der Waals surface area contributed by atoms with Crippen molar-refractivity contribution in [3.05, 3.63) is 121 Å². The molecule has 0 atom stereocenters. The number of rotatable bonds is 7. The van der Waals surface area contributed by atoms with E-state index in [0.29, 0.717) is 0 Å². The van der Waals surface area contributed by atoms with Crippen molar-refractivity contribution in [2.45, 2.75) is 0 Å². The van der Waals surface area contributed by atoms with Gasteiger partial charge >= 0.3 is 189 Å². The third kappa shape index (κ3) is 4.25. The molecule has 0 radical (unpaired) electrons. The fourth-order valence-corrected chi connectivity index (χ4v) is 14.2. The topological polar surface area (TPSA) is 0 Å². The average Bonchev–Trinajstić information content (AvgIpc) is 2.85. The first-order valence-electron chi connectivity index (χ1n) is 11.0. The first kappa shape index (κ1) is 22.0. The zero-order chi connectivity index (χ0) is 21.8. The van der Waals surface area contributed by atoms with Crippen LogP contribution in [0.1, 0.15) is 0 Å². The molecule has 0 fully saturated rings. The van der Waals surface area contributed by atoms with Gasteiger partial charge in [-0.3, -0.25) is 0 Å². The van der Waals surface area contributed by atoms with E-state index < -0.39 is 13.9 Å². The Balaban J connectivity index is 1.82. The van der Waals surface area contributed by atoms with Gasteiger partial charge in [0.25, 0.3) is 0 Å². The molecule has 158 valence electrons. The Labute approximate surface area is 188 Å². The van der Waals surface area contributed by atoms with E-state index in [1.807, 2.05) is 0 Å². The van der Waals surface area contributed by atoms with E-state index in [4.69, 9.17) is 0 Å². The molecule has 4 aromatic carbocycles. The van der Waals surface area contributed by atoms with Gasteiger partial charge in [-0.25, -0.2) is 0 Å². The van der Waals surface area contributed by atoms with E-state index in [9.17, 15) is 0 Å². The molecule has 0 aromatic heterocycles. The Bertz CT molecular complexity index is 1020. The second-order valence-corrected chi connectivity index (χ2v) is 19.5. The monoisotopic (exact) mass is 443 g/mol. The first-order valence-corrected chi connectivity index (χ1v) is 16.7. The van der Waals surface area contributed by atoms with E-state index >= 15 is 0 Å². The fraction of sp³-hybridized carbons (Fsp3) is 0.172. The summed E-state index contributed by atoms with van der Waals surface area (Å²) >= 11 is 0. The van der Waals surface area contributed by atoms with Gasteiger partial charge in [0.05, 0.1) is 0 Å². The molecule has 0 saturated carbocycles. The van der Waals surface area contributed by atoms with Gasteiger partial charge in [-0.2, -0.15) is 0 Å². The van der Waals surface area contributed by atoms with Crippen LogP contribution in [0.3, 0.4) is 0 Å². The van der Waals surface area contributed by atoms with Gasteiger partial charge in [0.1, 0.15) is 0 Å². The Morgan fingerprint density at radius 3 is 1.19 bits per heavy atom. The third-order valence-electron chi connectivity index (χ3n) is 7.04. The maximum absolute atomic E-state index is 2.57. The Morgan fingerprint density at radius 2 is 0.839 bits per heavy atom. The quantitative estimate of drug-likeness (QED) is 0.319. The third-order valence-corrected chi connectivity index (χ3v) is 16.9. The molecule has 0 heterocycles. The van der Waals surface area contributed by atoms with E-state index in [-0.39, 0.29) is 0 Å². The van der Waals surface area contributed by atoms with Crippen LogP contribution in [-0.4, -0.2) is 32.3 Å². The molecule has 0 amide bonds. The van der Waals surface area contributed by atoms with Crippen molar-refractivity contribution in [1.82, 2.24) is 0 Å². The van der Waals surface area contributed by atoms with E-state index in [1.165, 1.54) is 33.5 Å². The predicted octanol–water partition coefficient (Wildman–Crippen LogP) is 5.75. The van der Waals surface area contributed by atoms with Crippen LogP contribution in [0.15, 0.2) is 121 Å². The van der Waals surface area contributed by atoms with Crippen LogP contribution >= 0.6 is 13.9 Å². The summed E-state index contributed by atoms with van der Waals surface area (Å²) in [5, 5.41) is 6.02. The number of hydrogen-bond donors (Lipinski definition) is 0. The molecule has 4 aromatic rings. The number of hydrogen-bond acceptors (Lipinski definition) is 0. The molecule has 31 heavy (non-hydrogen) atoms. The van der Waals surface area contributed by atoms with Crippen molar-refractivity contribution >= 4 is 35.1 Å². The maximum atomic E-state index is 2.57. The summed E-state index contributed by atoms with van der Waals surface area (Å²) in [5.74, 6) is 0. The molecule has 4 rings (SSSR count). The molecule has 0 unspecified atom stereocenters. The summed E-state index contributed by atoms with van der Waals surface area (Å²) in [6, 6.07) is 44.9. The Hall–Kier alpha value is -2.26. The molecule has 0 aliphatic rings. The minimum absolute atomic E-state index is 1.20. The zero-order valence-corrected chi connectivity index (χ0v) is 20.6. The van der Waals surface area contributed by atoms with Crippen LogP contribution in [0.25, 0.3) is 0 Å². The Morgan fingerprint density at radius 1 is 0.516 bits per heavy atom. The fourth-order valence-electron chi connectivity index (χ4n) is 4.64. The minimum atomic E-state index is -2.35. The standard InChI is InChI=1S/C29H33P2/c1-30(26-16-8-4-9-17-26,27-18-10-5-11-19-27)24-25-31(2,3,28-20-12-6-13-21-28)29-22-14-7-15-23-29/h4-23H,24-25H2,1-3H3/q+1. The van der Waals surface area contributed by atoms with Gasteiger partial charge in [-0.15, -0.1) is 0 Å². The molecular formula is C29H33P2+. The van der Waals surface area contributed by atoms with Crippen molar-refractivity contribution in [1.29, 1.82) is 0 Å². The normalized spacial score (nSPS) is 13.3. The van der Waals surface area contributed by atoms with Crippen LogP contribution in [0.5, 0.6) is 0 Å². The molecule has 0 aliphatic carbocycles. The van der Waals surface area contributed by atoms with Crippen LogP contribution in [-0.2, 0) is 0 Å². The summed E-state index contributed by atoms with van der Waals surface area (Å²) in [4.78, 5) is 0. The second kappa shape index (κ2) is 8.70. The summed E-state index contributed by atoms with van der Waals surface area (Å²) in [7, 11) is -1.52. The molecule has 0 aliphatic heterocycles. The number of benzene rings is 4. The van der Waals surface area contributed by atoms with Gasteiger partial charge in [0.2, 0.25) is 0 Å². The van der Waals surface area contributed by atoms with Crippen LogP contribution in [0.4, 0.5) is 0 Å². The zero-order valence-electron chi connectivity index (χ0n) is 18.9. The molecule has 0 nitrogen and oxygen atoms in total. The molecule has 2 heteroatoms. The van der Waals surface area contributed by atoms with E-state index in [2.05, 4.69) is 141 Å². The molecular weight excluding hydrogens is 410 g/mol. The van der Waals surface area contributed by atoms with E-state index in [1.54, 1.807) is 0 Å². The van der Waals surface area contributed by atoms with Crippen molar-refractivity contribution in [3.8, 4) is 0 Å². The van der Waals surface area contributed by atoms with E-state index in [0.717, 1.165) is 0 Å². The van der Waals surface area contributed by atoms with Gasteiger partial charge in [-0.1, -0.05) is 0 Å². The van der Waals surface area contributed by atoms with Crippen molar-refractivity contribution < 1.29 is 0 Å². The van der Waals surface area contributed by atoms with Crippen LogP contribution in [0, 0.1) is 0 Å². The summed E-state index contributed by atoms with van der Waals surface area (Å²) in [5.41, 5.74) is 0. The van der Waals surface area contributed by atoms with Crippen LogP contribution in [0.2, 0.25) is 0 Å². The molecule has 0 N–H and O–H groups in total.